The molecule has 3 fully saturated rings. The summed E-state index contributed by atoms with van der Waals surface area (Å²) in [6.45, 7) is 11.0. The Morgan fingerprint density at radius 3 is 2.27 bits per heavy atom. The molecule has 4 N–H and O–H groups in total. The Morgan fingerprint density at radius 1 is 0.927 bits per heavy atom. The summed E-state index contributed by atoms with van der Waals surface area (Å²) in [5.74, 6) is -7.97. The molecule has 1 amide bonds. The number of aliphatic hydroxyl groups excluding tert-OH is 3. The van der Waals surface area contributed by atoms with E-state index < -0.39 is 83.9 Å². The smallest absolute Gasteiger partial charge is 0.329 e. The number of carbonyl (C=O) groups excluding carboxylic acids is 4. The normalized spacial score (nSPS) is 42.1. The average molecular weight is 778 g/mol. The molecule has 2 bridgehead atoms. The molecule has 1 aliphatic carbocycles. The van der Waals surface area contributed by atoms with Crippen LogP contribution in [-0.4, -0.2) is 124 Å². The number of carbonyl (C=O) groups is 4. The van der Waals surface area contributed by atoms with Crippen molar-refractivity contribution in [2.45, 2.75) is 167 Å². The first-order chi connectivity index (χ1) is 25.9. The lowest BCUT2D eigenvalue weighted by molar-refractivity contribution is -0.301. The molecule has 2 saturated heterocycles. The molecule has 1 saturated carbocycles. The van der Waals surface area contributed by atoms with Gasteiger partial charge >= 0.3 is 5.97 Å². The number of amides is 1. The van der Waals surface area contributed by atoms with Gasteiger partial charge in [0.2, 0.25) is 5.79 Å². The maximum Gasteiger partial charge on any atom is 0.329 e. The summed E-state index contributed by atoms with van der Waals surface area (Å²) < 4.78 is 23.4. The van der Waals surface area contributed by atoms with E-state index in [1.54, 1.807) is 21.0 Å². The Kier molecular flexibility index (Phi) is 16.2. The van der Waals surface area contributed by atoms with Crippen molar-refractivity contribution in [2.75, 3.05) is 20.8 Å². The molecule has 13 heteroatoms. The van der Waals surface area contributed by atoms with Crippen LogP contribution < -0.4 is 0 Å². The standard InChI is InChI=1S/C42H67NO12/c1-9-29-17-23(2)16-24(3)18-34(47)38-36(53-8)20-26(5)42(51,55-38)39(48)40(49)43-15-11-10-12-30(43)41(50)54-37(27(6)32(45)22-33(29)46)25(4)19-28-13-14-31(44)35(21-28)52-7/h17,19,24,26-32,34-38,44-45,47,51H,9-16,18,20-22H2,1-8H3/b23-17+,25-19+/t24-,26+,27+,28-,29+,30-,31+,32-,34-,35+,36-,37+,38+,42+/m0/s1. The van der Waals surface area contributed by atoms with Crippen molar-refractivity contribution in [3.8, 4) is 0 Å². The number of rotatable bonds is 5. The van der Waals surface area contributed by atoms with E-state index in [4.69, 9.17) is 18.9 Å². The van der Waals surface area contributed by atoms with Crippen LogP contribution in [0.3, 0.4) is 0 Å². The molecule has 3 aliphatic heterocycles. The van der Waals surface area contributed by atoms with Crippen LogP contribution in [0.15, 0.2) is 23.3 Å². The van der Waals surface area contributed by atoms with Gasteiger partial charge in [-0.1, -0.05) is 45.4 Å². The van der Waals surface area contributed by atoms with Gasteiger partial charge in [-0.25, -0.2) is 4.79 Å². The minimum atomic E-state index is -2.58. The van der Waals surface area contributed by atoms with Crippen molar-refractivity contribution < 1.29 is 58.6 Å². The molecule has 4 rings (SSSR count). The predicted octanol–water partition coefficient (Wildman–Crippen LogP) is 3.82. The number of nitrogens with zero attached hydrogens (tertiary/aromatic N) is 1. The molecule has 14 atom stereocenters. The minimum absolute atomic E-state index is 0.00759. The van der Waals surface area contributed by atoms with E-state index in [9.17, 15) is 39.6 Å². The fourth-order valence-electron chi connectivity index (χ4n) is 9.19. The van der Waals surface area contributed by atoms with Crippen LogP contribution in [0.25, 0.3) is 0 Å². The third-order valence-corrected chi connectivity index (χ3v) is 12.6. The Bertz CT molecular complexity index is 1410. The van der Waals surface area contributed by atoms with E-state index >= 15 is 0 Å². The fourth-order valence-corrected chi connectivity index (χ4v) is 9.19. The van der Waals surface area contributed by atoms with Crippen LogP contribution in [0.2, 0.25) is 0 Å². The van der Waals surface area contributed by atoms with Gasteiger partial charge in [0.25, 0.3) is 11.7 Å². The average Bonchev–Trinajstić information content (AvgIpc) is 3.15. The van der Waals surface area contributed by atoms with Crippen LogP contribution in [0.4, 0.5) is 0 Å². The maximum absolute atomic E-state index is 14.2. The third-order valence-electron chi connectivity index (χ3n) is 12.6. The molecular weight excluding hydrogens is 710 g/mol. The molecule has 13 nitrogen and oxygen atoms in total. The molecule has 55 heavy (non-hydrogen) atoms. The van der Waals surface area contributed by atoms with Gasteiger partial charge in [-0.15, -0.1) is 0 Å². The summed E-state index contributed by atoms with van der Waals surface area (Å²) in [7, 11) is 3.02. The number of hydrogen-bond donors (Lipinski definition) is 4. The first-order valence-electron chi connectivity index (χ1n) is 20.4. The van der Waals surface area contributed by atoms with Crippen LogP contribution in [0, 0.1) is 29.6 Å². The topological polar surface area (TPSA) is 189 Å². The van der Waals surface area contributed by atoms with Crippen molar-refractivity contribution >= 4 is 23.4 Å². The molecule has 312 valence electrons. The highest BCUT2D eigenvalue weighted by Crippen LogP contribution is 2.39. The van der Waals surface area contributed by atoms with Crippen molar-refractivity contribution in [3.05, 3.63) is 23.3 Å². The number of aliphatic hydroxyl groups is 4. The molecule has 0 aromatic carbocycles. The van der Waals surface area contributed by atoms with Gasteiger partial charge in [0.1, 0.15) is 24.0 Å². The zero-order valence-corrected chi connectivity index (χ0v) is 34.1. The van der Waals surface area contributed by atoms with Gasteiger partial charge in [0.05, 0.1) is 30.5 Å². The number of esters is 1. The number of piperidine rings is 1. The quantitative estimate of drug-likeness (QED) is 0.180. The monoisotopic (exact) mass is 777 g/mol. The number of hydrogen-bond acceptors (Lipinski definition) is 12. The highest BCUT2D eigenvalue weighted by molar-refractivity contribution is 6.39. The Hall–Kier alpha value is -2.52. The minimum Gasteiger partial charge on any atom is -0.456 e. The molecule has 0 unspecified atom stereocenters. The highest BCUT2D eigenvalue weighted by atomic mass is 16.7. The predicted molar refractivity (Wildman–Crippen MR) is 203 cm³/mol. The summed E-state index contributed by atoms with van der Waals surface area (Å²) in [4.78, 5) is 57.3. The Morgan fingerprint density at radius 2 is 1.62 bits per heavy atom. The van der Waals surface area contributed by atoms with Gasteiger partial charge in [0, 0.05) is 44.9 Å². The molecule has 0 aromatic rings. The number of ether oxygens (including phenoxy) is 4. The second kappa shape index (κ2) is 19.8. The summed E-state index contributed by atoms with van der Waals surface area (Å²) in [6, 6.07) is -1.16. The van der Waals surface area contributed by atoms with Crippen LogP contribution >= 0.6 is 0 Å². The molecule has 0 spiro atoms. The number of ketones is 2. The SMILES string of the molecule is CC[C@@H]1/C=C(\C)C[C@H](C)C[C@H](O)[C@H]2O[C@@](O)(C(=O)C(=O)N3CCCC[C@H]3C(=O)O[C@H](/C(C)=C/[C@@H]3CC[C@@H](O)[C@H](OC)C3)[C@H](C)[C@@H](O)CC1=O)[C@H](C)C[C@@H]2OC. The van der Waals surface area contributed by atoms with E-state index in [1.165, 1.54) is 7.11 Å². The van der Waals surface area contributed by atoms with Gasteiger partial charge in [0.15, 0.2) is 0 Å². The van der Waals surface area contributed by atoms with E-state index in [0.717, 1.165) is 10.5 Å². The lowest BCUT2D eigenvalue weighted by atomic mass is 9.81. The largest absolute Gasteiger partial charge is 0.456 e. The number of methoxy groups -OCH3 is 2. The maximum atomic E-state index is 14.2. The molecular formula is C42H67NO12. The van der Waals surface area contributed by atoms with E-state index in [-0.39, 0.29) is 56.0 Å². The summed E-state index contributed by atoms with van der Waals surface area (Å²) >= 11 is 0. The summed E-state index contributed by atoms with van der Waals surface area (Å²) in [5.41, 5.74) is 1.58. The van der Waals surface area contributed by atoms with Gasteiger partial charge in [-0.05, 0) is 95.5 Å². The first-order valence-corrected chi connectivity index (χ1v) is 20.4. The van der Waals surface area contributed by atoms with Crippen molar-refractivity contribution in [1.29, 1.82) is 0 Å². The number of fused-ring (bicyclic) bond motifs is 3. The van der Waals surface area contributed by atoms with Crippen LogP contribution in [0.1, 0.15) is 112 Å². The fraction of sp³-hybridized carbons (Fsp3) is 0.810. The number of Topliss-reactive ketones (excluding diaryl/α,β-unsaturated/α-hetero) is 2. The van der Waals surface area contributed by atoms with Crippen molar-refractivity contribution in [2.24, 2.45) is 29.6 Å². The van der Waals surface area contributed by atoms with Gasteiger partial charge in [-0.2, -0.15) is 0 Å². The van der Waals surface area contributed by atoms with E-state index in [2.05, 4.69) is 0 Å². The van der Waals surface area contributed by atoms with E-state index in [1.807, 2.05) is 39.8 Å². The second-order valence-corrected chi connectivity index (χ2v) is 16.9. The molecule has 3 heterocycles. The van der Waals surface area contributed by atoms with Crippen molar-refractivity contribution in [3.63, 3.8) is 0 Å². The first kappa shape index (κ1) is 45.2. The lowest BCUT2D eigenvalue weighted by Crippen LogP contribution is -2.64. The zero-order chi connectivity index (χ0) is 40.8. The van der Waals surface area contributed by atoms with Gasteiger partial charge in [-0.3, -0.25) is 14.4 Å². The Labute approximate surface area is 326 Å². The van der Waals surface area contributed by atoms with E-state index in [0.29, 0.717) is 50.5 Å². The van der Waals surface area contributed by atoms with Gasteiger partial charge < -0.3 is 44.3 Å². The summed E-state index contributed by atoms with van der Waals surface area (Å²) in [5, 5.41) is 45.3. The third kappa shape index (κ3) is 10.7. The number of allylic oxidation sites excluding steroid dienone is 3. The van der Waals surface area contributed by atoms with Crippen LogP contribution in [0.5, 0.6) is 0 Å². The number of cyclic esters (lactones) is 1. The Balaban J connectivity index is 1.75. The lowest BCUT2D eigenvalue weighted by Gasteiger charge is -2.46. The second-order valence-electron chi connectivity index (χ2n) is 16.9. The van der Waals surface area contributed by atoms with Crippen LogP contribution in [-0.2, 0) is 38.1 Å². The zero-order valence-electron chi connectivity index (χ0n) is 34.1. The molecule has 4 aliphatic rings. The highest BCUT2D eigenvalue weighted by Gasteiger charge is 2.56. The summed E-state index contributed by atoms with van der Waals surface area (Å²) in [6.07, 6.45) is 2.15. The van der Waals surface area contributed by atoms with Crippen molar-refractivity contribution in [1.82, 2.24) is 4.90 Å². The molecule has 0 radical (unpaired) electrons. The molecule has 0 aromatic heterocycles.